The number of methoxy groups -OCH3 is 2. The smallest absolute Gasteiger partial charge is 0.159 e. The second-order valence-electron chi connectivity index (χ2n) is 1.93. The van der Waals surface area contributed by atoms with Crippen LogP contribution in [0.4, 0.5) is 0 Å². The Labute approximate surface area is 59.3 Å². The van der Waals surface area contributed by atoms with Crippen LogP contribution in [0.15, 0.2) is 12.7 Å². The Morgan fingerprint density at radius 3 is 2.00 bits per heavy atom. The summed E-state index contributed by atoms with van der Waals surface area (Å²) in [6.07, 6.45) is 1.78. The minimum Gasteiger partial charge on any atom is -0.356 e. The van der Waals surface area contributed by atoms with Crippen molar-refractivity contribution in [2.24, 2.45) is 0 Å². The van der Waals surface area contributed by atoms with E-state index in [1.807, 2.05) is 6.08 Å². The molecule has 0 fully saturated rings. The number of rotatable bonds is 4. The molecule has 0 saturated carbocycles. The molecule has 0 aromatic heterocycles. The van der Waals surface area contributed by atoms with Crippen LogP contribution in [-0.2, 0) is 9.47 Å². The van der Waals surface area contributed by atoms with Gasteiger partial charge in [-0.25, -0.2) is 0 Å². The van der Waals surface area contributed by atoms with Crippen LogP contribution in [0.25, 0.3) is 0 Å². The van der Waals surface area contributed by atoms with Gasteiger partial charge >= 0.3 is 0 Å². The third-order valence-corrected chi connectivity index (χ3v) is 2.28. The van der Waals surface area contributed by atoms with E-state index in [0.717, 1.165) is 10.2 Å². The lowest BCUT2D eigenvalue weighted by Crippen LogP contribution is -2.18. The van der Waals surface area contributed by atoms with Crippen molar-refractivity contribution in [1.82, 2.24) is 0 Å². The third kappa shape index (κ3) is 2.79. The summed E-state index contributed by atoms with van der Waals surface area (Å²) in [4.78, 5) is 0. The van der Waals surface area contributed by atoms with Gasteiger partial charge in [0, 0.05) is 30.0 Å². The molecule has 9 heavy (non-hydrogen) atoms. The monoisotopic (exact) mass is 146 g/mol. The molecule has 1 atom stereocenters. The van der Waals surface area contributed by atoms with Crippen LogP contribution in [0.2, 0.25) is 5.54 Å². The first-order chi connectivity index (χ1) is 4.26. The van der Waals surface area contributed by atoms with Crippen molar-refractivity contribution in [2.45, 2.75) is 11.8 Å². The van der Waals surface area contributed by atoms with Crippen LogP contribution >= 0.6 is 0 Å². The zero-order valence-corrected chi connectivity index (χ0v) is 8.26. The molecule has 3 heteroatoms. The second-order valence-corrected chi connectivity index (χ2v) is 3.27. The average molecular weight is 146 g/mol. The Balaban J connectivity index is 3.63. The Morgan fingerprint density at radius 2 is 1.89 bits per heavy atom. The SMILES string of the molecule is C=CC([SiH3])C(OC)OC. The topological polar surface area (TPSA) is 18.5 Å². The summed E-state index contributed by atoms with van der Waals surface area (Å²) in [5.41, 5.74) is 0.389. The van der Waals surface area contributed by atoms with Gasteiger partial charge in [-0.05, 0) is 0 Å². The van der Waals surface area contributed by atoms with Gasteiger partial charge in [-0.15, -0.1) is 6.58 Å². The lowest BCUT2D eigenvalue weighted by atomic mass is 10.4. The fourth-order valence-electron chi connectivity index (χ4n) is 0.637. The van der Waals surface area contributed by atoms with Crippen molar-refractivity contribution >= 4 is 10.2 Å². The Kier molecular flexibility index (Phi) is 4.66. The minimum atomic E-state index is -0.0887. The molecule has 0 saturated heterocycles. The van der Waals surface area contributed by atoms with Gasteiger partial charge in [-0.1, -0.05) is 6.08 Å². The number of hydrogen-bond acceptors (Lipinski definition) is 2. The van der Waals surface area contributed by atoms with E-state index < -0.39 is 0 Å². The maximum atomic E-state index is 4.99. The number of ether oxygens (including phenoxy) is 2. The quantitative estimate of drug-likeness (QED) is 0.314. The van der Waals surface area contributed by atoms with Crippen molar-refractivity contribution < 1.29 is 9.47 Å². The van der Waals surface area contributed by atoms with Crippen LogP contribution in [-0.4, -0.2) is 30.8 Å². The molecule has 0 bridgehead atoms. The Morgan fingerprint density at radius 1 is 1.44 bits per heavy atom. The predicted octanol–water partition coefficient (Wildman–Crippen LogP) is -0.0548. The molecule has 0 heterocycles. The lowest BCUT2D eigenvalue weighted by molar-refractivity contribution is -0.0977. The summed E-state index contributed by atoms with van der Waals surface area (Å²) < 4.78 is 9.99. The number of hydrogen-bond donors (Lipinski definition) is 0. The predicted molar refractivity (Wildman–Crippen MR) is 41.7 cm³/mol. The highest BCUT2D eigenvalue weighted by atomic mass is 28.1. The van der Waals surface area contributed by atoms with E-state index in [4.69, 9.17) is 9.47 Å². The summed E-state index contributed by atoms with van der Waals surface area (Å²) in [5.74, 6) is 0. The first kappa shape index (κ1) is 8.88. The normalized spacial score (nSPS) is 14.1. The van der Waals surface area contributed by atoms with E-state index in [1.165, 1.54) is 0 Å². The van der Waals surface area contributed by atoms with Crippen molar-refractivity contribution in [1.29, 1.82) is 0 Å². The van der Waals surface area contributed by atoms with Gasteiger partial charge in [-0.3, -0.25) is 0 Å². The molecule has 54 valence electrons. The van der Waals surface area contributed by atoms with E-state index in [2.05, 4.69) is 6.58 Å². The van der Waals surface area contributed by atoms with E-state index in [1.54, 1.807) is 14.2 Å². The molecular formula is C6H14O2Si. The van der Waals surface area contributed by atoms with Crippen molar-refractivity contribution in [3.05, 3.63) is 12.7 Å². The first-order valence-electron chi connectivity index (χ1n) is 2.94. The zero-order valence-electron chi connectivity index (χ0n) is 6.26. The van der Waals surface area contributed by atoms with Crippen molar-refractivity contribution in [2.75, 3.05) is 14.2 Å². The fourth-order valence-corrected chi connectivity index (χ4v) is 1.18. The van der Waals surface area contributed by atoms with Crippen LogP contribution in [0.1, 0.15) is 0 Å². The summed E-state index contributed by atoms with van der Waals surface area (Å²) in [6, 6.07) is 0. The highest BCUT2D eigenvalue weighted by molar-refractivity contribution is 6.13. The van der Waals surface area contributed by atoms with Gasteiger partial charge in [0.05, 0.1) is 0 Å². The highest BCUT2D eigenvalue weighted by Gasteiger charge is 2.10. The van der Waals surface area contributed by atoms with Crippen molar-refractivity contribution in [3.8, 4) is 0 Å². The molecular weight excluding hydrogens is 132 g/mol. The van der Waals surface area contributed by atoms with Crippen LogP contribution in [0.5, 0.6) is 0 Å². The molecule has 0 spiro atoms. The molecule has 0 aromatic rings. The standard InChI is InChI=1S/C6H14O2Si/c1-4-5(9)6(7-2)8-3/h4-6H,1H2,2-3,9H3. The van der Waals surface area contributed by atoms with E-state index in [9.17, 15) is 0 Å². The van der Waals surface area contributed by atoms with Crippen LogP contribution in [0.3, 0.4) is 0 Å². The highest BCUT2D eigenvalue weighted by Crippen LogP contribution is 2.10. The molecule has 0 aliphatic rings. The van der Waals surface area contributed by atoms with Gasteiger partial charge in [-0.2, -0.15) is 0 Å². The maximum absolute atomic E-state index is 4.99. The van der Waals surface area contributed by atoms with E-state index in [0.29, 0.717) is 5.54 Å². The summed E-state index contributed by atoms with van der Waals surface area (Å²) >= 11 is 0. The molecule has 0 aliphatic heterocycles. The molecule has 0 rings (SSSR count). The zero-order chi connectivity index (χ0) is 7.28. The third-order valence-electron chi connectivity index (χ3n) is 1.27. The van der Waals surface area contributed by atoms with Crippen LogP contribution in [0, 0.1) is 0 Å². The molecule has 2 nitrogen and oxygen atoms in total. The second kappa shape index (κ2) is 4.73. The van der Waals surface area contributed by atoms with Gasteiger partial charge < -0.3 is 9.47 Å². The average Bonchev–Trinajstić information content (AvgIpc) is 1.90. The van der Waals surface area contributed by atoms with Gasteiger partial charge in [0.2, 0.25) is 0 Å². The molecule has 0 aliphatic carbocycles. The van der Waals surface area contributed by atoms with E-state index >= 15 is 0 Å². The van der Waals surface area contributed by atoms with Crippen molar-refractivity contribution in [3.63, 3.8) is 0 Å². The summed E-state index contributed by atoms with van der Waals surface area (Å²) in [7, 11) is 4.31. The molecule has 0 amide bonds. The Hall–Kier alpha value is -0.123. The van der Waals surface area contributed by atoms with Gasteiger partial charge in [0.15, 0.2) is 6.29 Å². The minimum absolute atomic E-state index is 0.0887. The molecule has 0 N–H and O–H groups in total. The Bertz CT molecular complexity index is 81.1. The molecule has 1 unspecified atom stereocenters. The molecule has 0 aromatic carbocycles. The van der Waals surface area contributed by atoms with Gasteiger partial charge in [0.25, 0.3) is 0 Å². The van der Waals surface area contributed by atoms with Crippen LogP contribution < -0.4 is 0 Å². The summed E-state index contributed by atoms with van der Waals surface area (Å²) in [5, 5.41) is 0. The maximum Gasteiger partial charge on any atom is 0.159 e. The fraction of sp³-hybridized carbons (Fsp3) is 0.667. The molecule has 0 radical (unpaired) electrons. The van der Waals surface area contributed by atoms with E-state index in [-0.39, 0.29) is 6.29 Å². The first-order valence-corrected chi connectivity index (χ1v) is 4.09. The summed E-state index contributed by atoms with van der Waals surface area (Å²) in [6.45, 7) is 3.65. The van der Waals surface area contributed by atoms with Gasteiger partial charge in [0.1, 0.15) is 0 Å². The lowest BCUT2D eigenvalue weighted by Gasteiger charge is -2.16. The largest absolute Gasteiger partial charge is 0.356 e.